The summed E-state index contributed by atoms with van der Waals surface area (Å²) in [4.78, 5) is 21.6. The molecule has 0 amide bonds. The van der Waals surface area contributed by atoms with Crippen LogP contribution in [0.3, 0.4) is 0 Å². The molecule has 0 aliphatic heterocycles. The molecule has 0 atom stereocenters. The van der Waals surface area contributed by atoms with Gasteiger partial charge in [-0.2, -0.15) is 9.78 Å². The van der Waals surface area contributed by atoms with E-state index >= 15 is 0 Å². The average Bonchev–Trinajstić information content (AvgIpc) is 2.32. The molecule has 4 heteroatoms. The van der Waals surface area contributed by atoms with Crippen LogP contribution in [0.15, 0.2) is 18.2 Å². The molecule has 0 radical (unpaired) electrons. The predicted molar refractivity (Wildman–Crippen MR) is 83.5 cm³/mol. The summed E-state index contributed by atoms with van der Waals surface area (Å²) in [6, 6.07) is 5.75. The van der Waals surface area contributed by atoms with Crippen molar-refractivity contribution >= 4 is 0 Å². The average molecular weight is 296 g/mol. The van der Waals surface area contributed by atoms with Crippen molar-refractivity contribution in [2.75, 3.05) is 0 Å². The molecule has 0 aliphatic carbocycles. The summed E-state index contributed by atoms with van der Waals surface area (Å²) in [5.74, 6) is 1.40. The molecule has 1 aromatic rings. The van der Waals surface area contributed by atoms with Crippen molar-refractivity contribution < 1.29 is 19.6 Å². The minimum absolute atomic E-state index is 0.388. The van der Waals surface area contributed by atoms with Gasteiger partial charge in [0, 0.05) is 0 Å². The molecule has 0 bridgehead atoms. The molecule has 1 rings (SSSR count). The SMILES string of the molecule is CC(C)c1ccc(OOC(C)(C)C)c(OOC(C)(C)C)c1. The van der Waals surface area contributed by atoms with Crippen molar-refractivity contribution in [3.05, 3.63) is 23.8 Å². The minimum atomic E-state index is -0.407. The highest BCUT2D eigenvalue weighted by Crippen LogP contribution is 2.33. The number of benzene rings is 1. The summed E-state index contributed by atoms with van der Waals surface area (Å²) >= 11 is 0. The maximum atomic E-state index is 5.45. The Labute approximate surface area is 128 Å². The second kappa shape index (κ2) is 6.67. The smallest absolute Gasteiger partial charge is 0.211 e. The van der Waals surface area contributed by atoms with Crippen LogP contribution in [0, 0.1) is 0 Å². The summed E-state index contributed by atoms with van der Waals surface area (Å²) in [6.45, 7) is 15.8. The number of hydrogen-bond donors (Lipinski definition) is 0. The Morgan fingerprint density at radius 2 is 1.24 bits per heavy atom. The zero-order chi connectivity index (χ0) is 16.3. The quantitative estimate of drug-likeness (QED) is 0.564. The van der Waals surface area contributed by atoms with Gasteiger partial charge < -0.3 is 9.78 Å². The summed E-state index contributed by atoms with van der Waals surface area (Å²) in [5, 5.41) is 0. The van der Waals surface area contributed by atoms with Crippen molar-refractivity contribution in [1.82, 2.24) is 0 Å². The van der Waals surface area contributed by atoms with Crippen LogP contribution in [0.25, 0.3) is 0 Å². The molecular weight excluding hydrogens is 268 g/mol. The van der Waals surface area contributed by atoms with E-state index in [9.17, 15) is 0 Å². The monoisotopic (exact) mass is 296 g/mol. The Bertz CT molecular complexity index is 453. The van der Waals surface area contributed by atoms with Gasteiger partial charge >= 0.3 is 0 Å². The van der Waals surface area contributed by atoms with Gasteiger partial charge in [0.15, 0.2) is 0 Å². The maximum absolute atomic E-state index is 5.45. The first-order chi connectivity index (χ1) is 9.48. The highest BCUT2D eigenvalue weighted by molar-refractivity contribution is 5.43. The topological polar surface area (TPSA) is 36.9 Å². The van der Waals surface area contributed by atoms with Crippen molar-refractivity contribution in [1.29, 1.82) is 0 Å². The van der Waals surface area contributed by atoms with Crippen LogP contribution in [-0.4, -0.2) is 11.2 Å². The molecule has 0 fully saturated rings. The van der Waals surface area contributed by atoms with Gasteiger partial charge in [-0.25, -0.2) is 0 Å². The fourth-order valence-electron chi connectivity index (χ4n) is 1.36. The third kappa shape index (κ3) is 6.82. The molecule has 0 unspecified atom stereocenters. The molecule has 0 saturated heterocycles. The highest BCUT2D eigenvalue weighted by Gasteiger charge is 2.19. The van der Waals surface area contributed by atoms with Gasteiger partial charge in [-0.1, -0.05) is 19.9 Å². The molecule has 0 aliphatic rings. The molecule has 0 heterocycles. The van der Waals surface area contributed by atoms with E-state index in [4.69, 9.17) is 19.6 Å². The highest BCUT2D eigenvalue weighted by atomic mass is 17.2. The molecule has 0 N–H and O–H groups in total. The van der Waals surface area contributed by atoms with Crippen LogP contribution in [0.1, 0.15) is 66.9 Å². The summed E-state index contributed by atoms with van der Waals surface area (Å²) in [5.41, 5.74) is 0.333. The first-order valence-electron chi connectivity index (χ1n) is 7.33. The van der Waals surface area contributed by atoms with E-state index in [1.807, 2.05) is 59.7 Å². The Kier molecular flexibility index (Phi) is 5.65. The molecule has 21 heavy (non-hydrogen) atoms. The van der Waals surface area contributed by atoms with E-state index < -0.39 is 11.2 Å². The van der Waals surface area contributed by atoms with Crippen LogP contribution >= 0.6 is 0 Å². The lowest BCUT2D eigenvalue weighted by atomic mass is 10.0. The van der Waals surface area contributed by atoms with Crippen LogP contribution in [0.4, 0.5) is 0 Å². The van der Waals surface area contributed by atoms with Crippen molar-refractivity contribution in [2.24, 2.45) is 0 Å². The van der Waals surface area contributed by atoms with Crippen LogP contribution < -0.4 is 9.78 Å². The molecule has 4 nitrogen and oxygen atoms in total. The third-order valence-electron chi connectivity index (χ3n) is 2.40. The molecule has 0 saturated carbocycles. The lowest BCUT2D eigenvalue weighted by Gasteiger charge is -2.22. The summed E-state index contributed by atoms with van der Waals surface area (Å²) in [7, 11) is 0. The fourth-order valence-corrected chi connectivity index (χ4v) is 1.36. The van der Waals surface area contributed by atoms with Gasteiger partial charge in [0.1, 0.15) is 11.2 Å². The Morgan fingerprint density at radius 1 is 0.762 bits per heavy atom. The van der Waals surface area contributed by atoms with Gasteiger partial charge in [0.05, 0.1) is 0 Å². The summed E-state index contributed by atoms with van der Waals surface area (Å²) in [6.07, 6.45) is 0. The van der Waals surface area contributed by atoms with E-state index in [0.717, 1.165) is 5.56 Å². The van der Waals surface area contributed by atoms with Crippen molar-refractivity contribution in [2.45, 2.75) is 72.5 Å². The Morgan fingerprint density at radius 3 is 1.67 bits per heavy atom. The summed E-state index contributed by atoms with van der Waals surface area (Å²) < 4.78 is 0. The van der Waals surface area contributed by atoms with Crippen molar-refractivity contribution in [3.63, 3.8) is 0 Å². The van der Waals surface area contributed by atoms with Crippen LogP contribution in [-0.2, 0) is 9.78 Å². The lowest BCUT2D eigenvalue weighted by molar-refractivity contribution is -0.292. The van der Waals surface area contributed by atoms with Crippen LogP contribution in [0.5, 0.6) is 11.5 Å². The van der Waals surface area contributed by atoms with Crippen LogP contribution in [0.2, 0.25) is 0 Å². The van der Waals surface area contributed by atoms with E-state index in [1.54, 1.807) is 0 Å². The molecule has 120 valence electrons. The minimum Gasteiger partial charge on any atom is -0.333 e. The second-order valence-electron chi connectivity index (χ2n) is 7.42. The normalized spacial score (nSPS) is 12.6. The van der Waals surface area contributed by atoms with E-state index in [2.05, 4.69) is 13.8 Å². The molecular formula is C17H28O4. The zero-order valence-corrected chi connectivity index (χ0v) is 14.4. The number of rotatable bonds is 5. The number of hydrogen-bond acceptors (Lipinski definition) is 4. The second-order valence-corrected chi connectivity index (χ2v) is 7.42. The van der Waals surface area contributed by atoms with E-state index in [1.165, 1.54) is 0 Å². The molecule has 0 spiro atoms. The van der Waals surface area contributed by atoms with Gasteiger partial charge in [-0.05, 0) is 65.2 Å². The van der Waals surface area contributed by atoms with Crippen molar-refractivity contribution in [3.8, 4) is 11.5 Å². The van der Waals surface area contributed by atoms with E-state index in [0.29, 0.717) is 17.4 Å². The zero-order valence-electron chi connectivity index (χ0n) is 14.4. The molecule has 1 aromatic carbocycles. The standard InChI is InChI=1S/C17H28O4/c1-12(2)13-9-10-14(18-20-16(3,4)5)15(11-13)19-21-17(6,7)8/h9-12H,1-8H3. The predicted octanol–water partition coefficient (Wildman–Crippen LogP) is 5.03. The van der Waals surface area contributed by atoms with Gasteiger partial charge in [0.25, 0.3) is 0 Å². The first kappa shape index (κ1) is 17.8. The first-order valence-corrected chi connectivity index (χ1v) is 7.33. The maximum Gasteiger partial charge on any atom is 0.211 e. The van der Waals surface area contributed by atoms with Gasteiger partial charge in [0.2, 0.25) is 11.5 Å². The Balaban J connectivity index is 2.94. The lowest BCUT2D eigenvalue weighted by Crippen LogP contribution is -2.23. The van der Waals surface area contributed by atoms with Gasteiger partial charge in [-0.15, -0.1) is 0 Å². The fraction of sp³-hybridized carbons (Fsp3) is 0.647. The third-order valence-corrected chi connectivity index (χ3v) is 2.40. The molecule has 0 aromatic heterocycles. The van der Waals surface area contributed by atoms with Gasteiger partial charge in [-0.3, -0.25) is 0 Å². The largest absolute Gasteiger partial charge is 0.333 e. The Hall–Kier alpha value is -1.26. The van der Waals surface area contributed by atoms with E-state index in [-0.39, 0.29) is 0 Å².